The molecule has 1 saturated carbocycles. The molecule has 0 bridgehead atoms. The molecule has 3 rings (SSSR count). The summed E-state index contributed by atoms with van der Waals surface area (Å²) in [5.74, 6) is 0.970. The monoisotopic (exact) mass is 393 g/mol. The Morgan fingerprint density at radius 2 is 1.89 bits per heavy atom. The number of piperidine rings is 1. The lowest BCUT2D eigenvalue weighted by Crippen LogP contribution is -2.40. The van der Waals surface area contributed by atoms with Crippen molar-refractivity contribution in [2.75, 3.05) is 24.5 Å². The molecule has 2 aliphatic rings. The second-order valence-corrected chi connectivity index (χ2v) is 7.93. The normalized spacial score (nSPS) is 18.9. The number of aromatic nitrogens is 1. The SMILES string of the molecule is O=C(CC1CCCCC1)NCC(=O)OC1CCN(c2ccc(Cl)cn2)CC1. The van der Waals surface area contributed by atoms with Crippen molar-refractivity contribution < 1.29 is 14.3 Å². The molecular formula is C20H28ClN3O3. The van der Waals surface area contributed by atoms with E-state index in [1.807, 2.05) is 12.1 Å². The predicted octanol–water partition coefficient (Wildman–Crippen LogP) is 3.33. The number of rotatable bonds is 6. The highest BCUT2D eigenvalue weighted by atomic mass is 35.5. The number of ether oxygens (including phenoxy) is 1. The van der Waals surface area contributed by atoms with Crippen LogP contribution in [-0.2, 0) is 14.3 Å². The number of amides is 1. The van der Waals surface area contributed by atoms with E-state index in [0.29, 0.717) is 17.4 Å². The minimum absolute atomic E-state index is 0.0372. The van der Waals surface area contributed by atoms with Crippen molar-refractivity contribution >= 4 is 29.3 Å². The van der Waals surface area contributed by atoms with Crippen LogP contribution in [0, 0.1) is 5.92 Å². The van der Waals surface area contributed by atoms with Crippen LogP contribution in [0.2, 0.25) is 5.02 Å². The maximum atomic E-state index is 12.0. The Labute approximate surface area is 165 Å². The average molecular weight is 394 g/mol. The van der Waals surface area contributed by atoms with Gasteiger partial charge in [0.1, 0.15) is 18.5 Å². The number of nitrogens with one attached hydrogen (secondary N) is 1. The molecule has 1 N–H and O–H groups in total. The molecular weight excluding hydrogens is 366 g/mol. The number of carbonyl (C=O) groups excluding carboxylic acids is 2. The van der Waals surface area contributed by atoms with E-state index in [0.717, 1.165) is 44.6 Å². The van der Waals surface area contributed by atoms with E-state index in [2.05, 4.69) is 15.2 Å². The van der Waals surface area contributed by atoms with Crippen LogP contribution < -0.4 is 10.2 Å². The Kier molecular flexibility index (Phi) is 7.33. The highest BCUT2D eigenvalue weighted by Gasteiger charge is 2.23. The first kappa shape index (κ1) is 19.9. The zero-order valence-corrected chi connectivity index (χ0v) is 16.4. The van der Waals surface area contributed by atoms with Gasteiger partial charge >= 0.3 is 5.97 Å². The summed E-state index contributed by atoms with van der Waals surface area (Å²) in [4.78, 5) is 30.5. The molecule has 0 radical (unpaired) electrons. The first-order valence-electron chi connectivity index (χ1n) is 9.93. The lowest BCUT2D eigenvalue weighted by molar-refractivity contribution is -0.150. The summed E-state index contributed by atoms with van der Waals surface area (Å²) in [6.07, 6.45) is 9.52. The topological polar surface area (TPSA) is 71.5 Å². The van der Waals surface area contributed by atoms with Crippen LogP contribution in [0.4, 0.5) is 5.82 Å². The van der Waals surface area contributed by atoms with Crippen molar-refractivity contribution in [3.05, 3.63) is 23.4 Å². The van der Waals surface area contributed by atoms with Gasteiger partial charge in [-0.15, -0.1) is 0 Å². The van der Waals surface area contributed by atoms with Crippen molar-refractivity contribution in [3.8, 4) is 0 Å². The number of carbonyl (C=O) groups is 2. The molecule has 148 valence electrons. The quantitative estimate of drug-likeness (QED) is 0.750. The van der Waals surface area contributed by atoms with Gasteiger partial charge in [-0.25, -0.2) is 4.98 Å². The Morgan fingerprint density at radius 3 is 2.56 bits per heavy atom. The van der Waals surface area contributed by atoms with E-state index in [4.69, 9.17) is 16.3 Å². The van der Waals surface area contributed by atoms with Crippen molar-refractivity contribution in [2.24, 2.45) is 5.92 Å². The van der Waals surface area contributed by atoms with Gasteiger partial charge in [0.05, 0.1) is 5.02 Å². The van der Waals surface area contributed by atoms with Gasteiger partial charge in [-0.2, -0.15) is 0 Å². The Bertz CT molecular complexity index is 624. The van der Waals surface area contributed by atoms with Crippen molar-refractivity contribution in [1.82, 2.24) is 10.3 Å². The summed E-state index contributed by atoms with van der Waals surface area (Å²) in [6, 6.07) is 3.72. The number of hydrogen-bond donors (Lipinski definition) is 1. The molecule has 0 atom stereocenters. The fraction of sp³-hybridized carbons (Fsp3) is 0.650. The molecule has 1 aromatic rings. The van der Waals surface area contributed by atoms with Gasteiger partial charge in [0, 0.05) is 38.5 Å². The summed E-state index contributed by atoms with van der Waals surface area (Å²) in [5, 5.41) is 3.33. The maximum absolute atomic E-state index is 12.0. The van der Waals surface area contributed by atoms with Crippen molar-refractivity contribution in [1.29, 1.82) is 0 Å². The standard InChI is InChI=1S/C20H28ClN3O3/c21-16-6-7-18(22-13-16)24-10-8-17(9-11-24)27-20(26)14-23-19(25)12-15-4-2-1-3-5-15/h6-7,13,15,17H,1-5,8-12,14H2,(H,23,25). The number of halogens is 1. The molecule has 0 spiro atoms. The number of anilines is 1. The molecule has 27 heavy (non-hydrogen) atoms. The van der Waals surface area contributed by atoms with Crippen LogP contribution in [0.25, 0.3) is 0 Å². The molecule has 7 heteroatoms. The van der Waals surface area contributed by atoms with Crippen molar-refractivity contribution in [3.63, 3.8) is 0 Å². The number of pyridine rings is 1. The lowest BCUT2D eigenvalue weighted by Gasteiger charge is -2.32. The fourth-order valence-electron chi connectivity index (χ4n) is 3.88. The first-order valence-corrected chi connectivity index (χ1v) is 10.3. The van der Waals surface area contributed by atoms with Crippen LogP contribution >= 0.6 is 11.6 Å². The van der Waals surface area contributed by atoms with Gasteiger partial charge in [0.25, 0.3) is 0 Å². The molecule has 1 amide bonds. The zero-order chi connectivity index (χ0) is 19.1. The smallest absolute Gasteiger partial charge is 0.325 e. The molecule has 1 saturated heterocycles. The van der Waals surface area contributed by atoms with Crippen LogP contribution in [0.3, 0.4) is 0 Å². The first-order chi connectivity index (χ1) is 13.1. The Hall–Kier alpha value is -1.82. The van der Waals surface area contributed by atoms with Crippen molar-refractivity contribution in [2.45, 2.75) is 57.5 Å². The second-order valence-electron chi connectivity index (χ2n) is 7.50. The Morgan fingerprint density at radius 1 is 1.15 bits per heavy atom. The summed E-state index contributed by atoms with van der Waals surface area (Å²) >= 11 is 5.87. The van der Waals surface area contributed by atoms with Gasteiger partial charge in [-0.1, -0.05) is 30.9 Å². The molecule has 1 aliphatic carbocycles. The highest BCUT2D eigenvalue weighted by molar-refractivity contribution is 6.30. The third-order valence-electron chi connectivity index (χ3n) is 5.40. The molecule has 0 unspecified atom stereocenters. The minimum atomic E-state index is -0.352. The van der Waals surface area contributed by atoms with Crippen LogP contribution in [-0.4, -0.2) is 42.6 Å². The third-order valence-corrected chi connectivity index (χ3v) is 5.63. The van der Waals surface area contributed by atoms with Gasteiger partial charge < -0.3 is 15.0 Å². The zero-order valence-electron chi connectivity index (χ0n) is 15.7. The van der Waals surface area contributed by atoms with E-state index in [1.54, 1.807) is 6.20 Å². The van der Waals surface area contributed by atoms with E-state index in [9.17, 15) is 9.59 Å². The van der Waals surface area contributed by atoms with E-state index in [1.165, 1.54) is 19.3 Å². The molecule has 2 heterocycles. The highest BCUT2D eigenvalue weighted by Crippen LogP contribution is 2.26. The summed E-state index contributed by atoms with van der Waals surface area (Å²) in [6.45, 7) is 1.52. The predicted molar refractivity (Wildman–Crippen MR) is 105 cm³/mol. The maximum Gasteiger partial charge on any atom is 0.325 e. The third kappa shape index (κ3) is 6.38. The van der Waals surface area contributed by atoms with Crippen LogP contribution in [0.15, 0.2) is 18.3 Å². The average Bonchev–Trinajstić information content (AvgIpc) is 2.68. The summed E-state index contributed by atoms with van der Waals surface area (Å²) in [7, 11) is 0. The minimum Gasteiger partial charge on any atom is -0.461 e. The van der Waals surface area contributed by atoms with E-state index in [-0.39, 0.29) is 24.5 Å². The number of hydrogen-bond acceptors (Lipinski definition) is 5. The number of esters is 1. The van der Waals surface area contributed by atoms with Gasteiger partial charge in [0.15, 0.2) is 0 Å². The second kappa shape index (κ2) is 9.93. The summed E-state index contributed by atoms with van der Waals surface area (Å²) in [5.41, 5.74) is 0. The molecule has 2 fully saturated rings. The summed E-state index contributed by atoms with van der Waals surface area (Å²) < 4.78 is 5.51. The lowest BCUT2D eigenvalue weighted by atomic mass is 9.87. The van der Waals surface area contributed by atoms with E-state index < -0.39 is 0 Å². The number of nitrogens with zero attached hydrogens (tertiary/aromatic N) is 2. The van der Waals surface area contributed by atoms with Gasteiger partial charge in [0.2, 0.25) is 5.91 Å². The van der Waals surface area contributed by atoms with Gasteiger partial charge in [-0.3, -0.25) is 9.59 Å². The largest absolute Gasteiger partial charge is 0.461 e. The Balaban J connectivity index is 1.33. The molecule has 6 nitrogen and oxygen atoms in total. The molecule has 0 aromatic carbocycles. The van der Waals surface area contributed by atoms with Gasteiger partial charge in [-0.05, 0) is 30.9 Å². The fourth-order valence-corrected chi connectivity index (χ4v) is 3.99. The van der Waals surface area contributed by atoms with Crippen LogP contribution in [0.5, 0.6) is 0 Å². The van der Waals surface area contributed by atoms with Crippen LogP contribution in [0.1, 0.15) is 51.4 Å². The molecule has 1 aromatic heterocycles. The van der Waals surface area contributed by atoms with E-state index >= 15 is 0 Å². The molecule has 1 aliphatic heterocycles.